The molecule has 0 amide bonds. The fourth-order valence-corrected chi connectivity index (χ4v) is 7.93. The molecule has 0 atom stereocenters. The lowest BCUT2D eigenvalue weighted by atomic mass is 10.0. The topological polar surface area (TPSA) is 56.7 Å². The monoisotopic (exact) mass is 690 g/mol. The van der Waals surface area contributed by atoms with E-state index in [-0.39, 0.29) is 0 Å². The van der Waals surface area contributed by atoms with Gasteiger partial charge in [0, 0.05) is 38.4 Å². The van der Waals surface area contributed by atoms with Crippen LogP contribution in [0.1, 0.15) is 0 Å². The van der Waals surface area contributed by atoms with E-state index in [9.17, 15) is 0 Å². The zero-order chi connectivity index (χ0) is 35.6. The van der Waals surface area contributed by atoms with Crippen molar-refractivity contribution in [1.82, 2.24) is 19.5 Å². The van der Waals surface area contributed by atoms with Crippen molar-refractivity contribution in [1.29, 1.82) is 0 Å². The molecule has 0 unspecified atom stereocenters. The highest BCUT2D eigenvalue weighted by molar-refractivity contribution is 6.20. The van der Waals surface area contributed by atoms with Crippen molar-refractivity contribution < 1.29 is 4.42 Å². The van der Waals surface area contributed by atoms with E-state index < -0.39 is 0 Å². The summed E-state index contributed by atoms with van der Waals surface area (Å²) in [6.45, 7) is 0. The molecule has 11 aromatic rings. The van der Waals surface area contributed by atoms with Crippen LogP contribution in [0.15, 0.2) is 186 Å². The van der Waals surface area contributed by atoms with Crippen LogP contribution in [-0.2, 0) is 0 Å². The standard InChI is InChI=1S/C49H30N4O/c1-2-12-31(13-3-1)32-24-26-34(27-25-32)47-50-48(35-15-10-16-36(30-35)53-42-22-8-6-18-38(42)39-19-7-9-23-43(39)53)52-49(51-47)41-21-11-20-40-45-37-17-5-4-14-33(37)28-29-44(45)54-46(40)41/h1-30H. The van der Waals surface area contributed by atoms with E-state index in [1.165, 1.54) is 16.2 Å². The Kier molecular flexibility index (Phi) is 6.79. The predicted molar refractivity (Wildman–Crippen MR) is 221 cm³/mol. The van der Waals surface area contributed by atoms with Crippen LogP contribution in [0.4, 0.5) is 0 Å². The molecular formula is C49H30N4O. The molecule has 0 radical (unpaired) electrons. The van der Waals surface area contributed by atoms with Crippen molar-refractivity contribution in [2.75, 3.05) is 0 Å². The van der Waals surface area contributed by atoms with E-state index in [1.807, 2.05) is 12.1 Å². The zero-order valence-corrected chi connectivity index (χ0v) is 29.0. The van der Waals surface area contributed by atoms with Gasteiger partial charge in [-0.2, -0.15) is 0 Å². The molecule has 0 saturated heterocycles. The molecule has 0 saturated carbocycles. The van der Waals surface area contributed by atoms with Crippen molar-refractivity contribution >= 4 is 54.5 Å². The first kappa shape index (κ1) is 30.3. The highest BCUT2D eigenvalue weighted by Crippen LogP contribution is 2.39. The molecule has 0 aliphatic rings. The van der Waals surface area contributed by atoms with Gasteiger partial charge < -0.3 is 8.98 Å². The lowest BCUT2D eigenvalue weighted by Gasteiger charge is -2.12. The highest BCUT2D eigenvalue weighted by Gasteiger charge is 2.20. The SMILES string of the molecule is c1ccc(-c2ccc(-c3nc(-c4cccc(-n5c6ccccc6c6ccccc65)c4)nc(-c4cccc5c4oc4ccc6ccccc6c45)n3)cc2)cc1. The second-order valence-electron chi connectivity index (χ2n) is 13.6. The quantitative estimate of drug-likeness (QED) is 0.180. The zero-order valence-electron chi connectivity index (χ0n) is 29.0. The van der Waals surface area contributed by atoms with Gasteiger partial charge in [-0.05, 0) is 58.3 Å². The van der Waals surface area contributed by atoms with Crippen molar-refractivity contribution in [2.24, 2.45) is 0 Å². The van der Waals surface area contributed by atoms with Crippen LogP contribution >= 0.6 is 0 Å². The Morgan fingerprint density at radius 3 is 1.74 bits per heavy atom. The Morgan fingerprint density at radius 2 is 0.963 bits per heavy atom. The van der Waals surface area contributed by atoms with Crippen molar-refractivity contribution in [2.45, 2.75) is 0 Å². The normalized spacial score (nSPS) is 11.7. The minimum absolute atomic E-state index is 0.554. The van der Waals surface area contributed by atoms with Crippen molar-refractivity contribution in [3.63, 3.8) is 0 Å². The summed E-state index contributed by atoms with van der Waals surface area (Å²) in [6, 6.07) is 63.3. The Morgan fingerprint density at radius 1 is 0.389 bits per heavy atom. The minimum Gasteiger partial charge on any atom is -0.455 e. The number of nitrogens with zero attached hydrogens (tertiary/aromatic N) is 4. The van der Waals surface area contributed by atoms with Gasteiger partial charge in [-0.3, -0.25) is 0 Å². The number of hydrogen-bond donors (Lipinski definition) is 0. The number of hydrogen-bond acceptors (Lipinski definition) is 4. The van der Waals surface area contributed by atoms with Gasteiger partial charge in [-0.25, -0.2) is 15.0 Å². The summed E-state index contributed by atoms with van der Waals surface area (Å²) in [5, 5.41) is 6.88. The Labute approximate surface area is 310 Å². The van der Waals surface area contributed by atoms with Crippen LogP contribution in [0.25, 0.3) is 105 Å². The van der Waals surface area contributed by atoms with Crippen LogP contribution in [0, 0.1) is 0 Å². The van der Waals surface area contributed by atoms with Gasteiger partial charge in [0.2, 0.25) is 0 Å². The van der Waals surface area contributed by atoms with E-state index in [0.29, 0.717) is 17.5 Å². The van der Waals surface area contributed by atoms with Gasteiger partial charge in [0.15, 0.2) is 17.5 Å². The summed E-state index contributed by atoms with van der Waals surface area (Å²) in [5.74, 6) is 1.73. The maximum Gasteiger partial charge on any atom is 0.167 e. The lowest BCUT2D eigenvalue weighted by molar-refractivity contribution is 0.670. The molecule has 0 bridgehead atoms. The molecule has 252 valence electrons. The van der Waals surface area contributed by atoms with Gasteiger partial charge >= 0.3 is 0 Å². The van der Waals surface area contributed by atoms with Gasteiger partial charge in [0.1, 0.15) is 11.2 Å². The van der Waals surface area contributed by atoms with E-state index in [4.69, 9.17) is 19.4 Å². The van der Waals surface area contributed by atoms with Gasteiger partial charge in [-0.1, -0.05) is 146 Å². The maximum absolute atomic E-state index is 6.65. The molecule has 0 aliphatic heterocycles. The molecular weight excluding hydrogens is 661 g/mol. The van der Waals surface area contributed by atoms with Crippen molar-refractivity contribution in [3.05, 3.63) is 182 Å². The maximum atomic E-state index is 6.65. The molecule has 0 aliphatic carbocycles. The number of benzene rings is 8. The molecule has 3 aromatic heterocycles. The molecule has 5 heteroatoms. The lowest BCUT2D eigenvalue weighted by Crippen LogP contribution is -2.01. The smallest absolute Gasteiger partial charge is 0.167 e. The molecule has 0 N–H and O–H groups in total. The third kappa shape index (κ3) is 4.83. The fraction of sp³-hybridized carbons (Fsp3) is 0. The molecule has 0 spiro atoms. The first-order valence-corrected chi connectivity index (χ1v) is 18.1. The summed E-state index contributed by atoms with van der Waals surface area (Å²) < 4.78 is 8.97. The van der Waals surface area contributed by atoms with E-state index in [2.05, 4.69) is 174 Å². The van der Waals surface area contributed by atoms with E-state index in [1.54, 1.807) is 0 Å². The van der Waals surface area contributed by atoms with Gasteiger partial charge in [-0.15, -0.1) is 0 Å². The van der Waals surface area contributed by atoms with E-state index >= 15 is 0 Å². The predicted octanol–water partition coefficient (Wildman–Crippen LogP) is 12.7. The number of rotatable bonds is 5. The van der Waals surface area contributed by atoms with Crippen LogP contribution in [0.3, 0.4) is 0 Å². The number of aromatic nitrogens is 4. The molecule has 5 nitrogen and oxygen atoms in total. The van der Waals surface area contributed by atoms with Crippen molar-refractivity contribution in [3.8, 4) is 51.0 Å². The second kappa shape index (κ2) is 12.1. The third-order valence-corrected chi connectivity index (χ3v) is 10.5. The number of furan rings is 1. The Hall–Kier alpha value is -7.37. The largest absolute Gasteiger partial charge is 0.455 e. The van der Waals surface area contributed by atoms with Crippen LogP contribution in [0.2, 0.25) is 0 Å². The number of para-hydroxylation sites is 3. The van der Waals surface area contributed by atoms with Crippen LogP contribution < -0.4 is 0 Å². The fourth-order valence-electron chi connectivity index (χ4n) is 7.93. The summed E-state index contributed by atoms with van der Waals surface area (Å²) in [7, 11) is 0. The summed E-state index contributed by atoms with van der Waals surface area (Å²) in [5.41, 5.74) is 9.82. The Balaban J connectivity index is 1.12. The number of fused-ring (bicyclic) bond motifs is 8. The molecule has 11 rings (SSSR count). The summed E-state index contributed by atoms with van der Waals surface area (Å²) in [4.78, 5) is 15.5. The first-order chi connectivity index (χ1) is 26.8. The Bertz CT molecular complexity index is 3160. The van der Waals surface area contributed by atoms with E-state index in [0.717, 1.165) is 71.9 Å². The summed E-state index contributed by atoms with van der Waals surface area (Å²) >= 11 is 0. The highest BCUT2D eigenvalue weighted by atomic mass is 16.3. The average Bonchev–Trinajstić information content (AvgIpc) is 3.80. The van der Waals surface area contributed by atoms with Gasteiger partial charge in [0.25, 0.3) is 0 Å². The molecule has 8 aromatic carbocycles. The average molecular weight is 691 g/mol. The summed E-state index contributed by atoms with van der Waals surface area (Å²) in [6.07, 6.45) is 0. The second-order valence-corrected chi connectivity index (χ2v) is 13.6. The van der Waals surface area contributed by atoms with Gasteiger partial charge in [0.05, 0.1) is 16.6 Å². The van der Waals surface area contributed by atoms with Crippen LogP contribution in [0.5, 0.6) is 0 Å². The third-order valence-electron chi connectivity index (χ3n) is 10.5. The first-order valence-electron chi connectivity index (χ1n) is 18.1. The molecule has 0 fully saturated rings. The van der Waals surface area contributed by atoms with Crippen LogP contribution in [-0.4, -0.2) is 19.5 Å². The molecule has 3 heterocycles. The molecule has 54 heavy (non-hydrogen) atoms. The minimum atomic E-state index is 0.554.